The molecule has 3 rings (SSSR count). The second-order valence-electron chi connectivity index (χ2n) is 4.42. The number of aromatic amines is 1. The molecule has 3 heteroatoms. The van der Waals surface area contributed by atoms with Crippen LogP contribution < -0.4 is 0 Å². The monoisotopic (exact) mass is 230 g/mol. The van der Waals surface area contributed by atoms with Crippen molar-refractivity contribution in [1.29, 1.82) is 0 Å². The molecule has 0 saturated heterocycles. The molecule has 0 saturated carbocycles. The Bertz CT molecular complexity index is 610. The van der Waals surface area contributed by atoms with Gasteiger partial charge in [0.05, 0.1) is 11.0 Å². The number of aryl methyl sites for hydroxylation is 1. The highest BCUT2D eigenvalue weighted by Gasteiger charge is 2.16. The molecule has 0 fully saturated rings. The Morgan fingerprint density at radius 3 is 2.81 bits per heavy atom. The largest absolute Gasteiger partial charge is 0.331 e. The van der Waals surface area contributed by atoms with Crippen molar-refractivity contribution in [1.82, 2.24) is 9.55 Å². The number of fused-ring (bicyclic) bond motifs is 1. The van der Waals surface area contributed by atoms with Crippen LogP contribution >= 0.6 is 12.2 Å². The van der Waals surface area contributed by atoms with E-state index in [1.54, 1.807) is 0 Å². The summed E-state index contributed by atoms with van der Waals surface area (Å²) in [6, 6.07) is 6.97. The summed E-state index contributed by atoms with van der Waals surface area (Å²) in [6.45, 7) is 2.10. The minimum atomic E-state index is 0.504. The lowest BCUT2D eigenvalue weighted by Gasteiger charge is -2.12. The lowest BCUT2D eigenvalue weighted by molar-refractivity contribution is 0.544. The quantitative estimate of drug-likeness (QED) is 0.582. The zero-order chi connectivity index (χ0) is 11.1. The summed E-state index contributed by atoms with van der Waals surface area (Å²) < 4.78 is 3.10. The molecule has 16 heavy (non-hydrogen) atoms. The lowest BCUT2D eigenvalue weighted by Crippen LogP contribution is -2.04. The van der Waals surface area contributed by atoms with Gasteiger partial charge < -0.3 is 9.55 Å². The molecule has 0 bridgehead atoms. The van der Waals surface area contributed by atoms with Gasteiger partial charge in [-0.15, -0.1) is 0 Å². The van der Waals surface area contributed by atoms with E-state index in [9.17, 15) is 0 Å². The number of allylic oxidation sites excluding steroid dienone is 2. The van der Waals surface area contributed by atoms with E-state index in [2.05, 4.69) is 46.8 Å². The average molecular weight is 230 g/mol. The second-order valence-corrected chi connectivity index (χ2v) is 4.80. The van der Waals surface area contributed by atoms with E-state index < -0.39 is 0 Å². The van der Waals surface area contributed by atoms with E-state index in [-0.39, 0.29) is 0 Å². The molecule has 0 radical (unpaired) electrons. The van der Waals surface area contributed by atoms with Gasteiger partial charge in [0.25, 0.3) is 0 Å². The normalized spacial score (nSPS) is 16.3. The van der Waals surface area contributed by atoms with Crippen molar-refractivity contribution in [3.8, 4) is 0 Å². The number of rotatable bonds is 1. The molecule has 1 heterocycles. The number of hydrogen-bond donors (Lipinski definition) is 1. The molecular weight excluding hydrogens is 216 g/mol. The number of aromatic nitrogens is 2. The number of H-pyrrole nitrogens is 1. The average Bonchev–Trinajstić information content (AvgIpc) is 2.83. The van der Waals surface area contributed by atoms with E-state index in [1.807, 2.05) is 0 Å². The van der Waals surface area contributed by atoms with E-state index >= 15 is 0 Å². The van der Waals surface area contributed by atoms with Crippen LogP contribution in [0.25, 0.3) is 11.0 Å². The Labute approximate surface area is 99.6 Å². The number of nitrogens with zero attached hydrogens (tertiary/aromatic N) is 1. The molecule has 0 spiro atoms. The minimum Gasteiger partial charge on any atom is -0.331 e. The van der Waals surface area contributed by atoms with Gasteiger partial charge in [-0.1, -0.05) is 18.2 Å². The SMILES string of the molecule is Cc1ccc2c(c1)[nH]c(=S)n2C1CC=CC1. The summed E-state index contributed by atoms with van der Waals surface area (Å²) in [5.74, 6) is 0. The van der Waals surface area contributed by atoms with Gasteiger partial charge in [-0.25, -0.2) is 0 Å². The fourth-order valence-electron chi connectivity index (χ4n) is 2.42. The number of nitrogens with one attached hydrogen (secondary N) is 1. The molecule has 1 N–H and O–H groups in total. The van der Waals surface area contributed by atoms with Crippen LogP contribution in [-0.2, 0) is 0 Å². The van der Waals surface area contributed by atoms with Crippen molar-refractivity contribution in [3.05, 3.63) is 40.7 Å². The van der Waals surface area contributed by atoms with E-state index in [1.165, 1.54) is 11.1 Å². The van der Waals surface area contributed by atoms with Gasteiger partial charge in [0, 0.05) is 6.04 Å². The smallest absolute Gasteiger partial charge is 0.178 e. The lowest BCUT2D eigenvalue weighted by atomic mass is 10.2. The van der Waals surface area contributed by atoms with E-state index in [0.717, 1.165) is 23.1 Å². The highest BCUT2D eigenvalue weighted by molar-refractivity contribution is 7.71. The van der Waals surface area contributed by atoms with Gasteiger partial charge >= 0.3 is 0 Å². The van der Waals surface area contributed by atoms with Gasteiger partial charge in [0.2, 0.25) is 0 Å². The summed E-state index contributed by atoms with van der Waals surface area (Å²) in [7, 11) is 0. The maximum absolute atomic E-state index is 5.41. The molecule has 0 aliphatic heterocycles. The van der Waals surface area contributed by atoms with Gasteiger partial charge in [-0.05, 0) is 49.7 Å². The van der Waals surface area contributed by atoms with Crippen LogP contribution in [0.1, 0.15) is 24.4 Å². The molecule has 0 amide bonds. The van der Waals surface area contributed by atoms with E-state index in [4.69, 9.17) is 12.2 Å². The van der Waals surface area contributed by atoms with Crippen LogP contribution in [0.2, 0.25) is 0 Å². The number of imidazole rings is 1. The molecule has 1 aliphatic rings. The topological polar surface area (TPSA) is 20.7 Å². The van der Waals surface area contributed by atoms with Crippen molar-refractivity contribution in [2.24, 2.45) is 0 Å². The van der Waals surface area contributed by atoms with Crippen LogP contribution in [0.4, 0.5) is 0 Å². The summed E-state index contributed by atoms with van der Waals surface area (Å²) in [4.78, 5) is 3.29. The first-order valence-electron chi connectivity index (χ1n) is 5.61. The van der Waals surface area contributed by atoms with Crippen molar-refractivity contribution in [2.75, 3.05) is 0 Å². The third kappa shape index (κ3) is 1.43. The van der Waals surface area contributed by atoms with Crippen molar-refractivity contribution in [3.63, 3.8) is 0 Å². The second kappa shape index (κ2) is 3.59. The zero-order valence-electron chi connectivity index (χ0n) is 9.23. The third-order valence-electron chi connectivity index (χ3n) is 3.22. The molecular formula is C13H14N2S. The first-order valence-corrected chi connectivity index (χ1v) is 6.02. The summed E-state index contributed by atoms with van der Waals surface area (Å²) in [6.07, 6.45) is 6.66. The predicted octanol–water partition coefficient (Wildman–Crippen LogP) is 3.90. The Balaban J connectivity index is 2.23. The molecule has 2 nitrogen and oxygen atoms in total. The highest BCUT2D eigenvalue weighted by Crippen LogP contribution is 2.28. The van der Waals surface area contributed by atoms with Crippen LogP contribution in [0, 0.1) is 11.7 Å². The Morgan fingerprint density at radius 2 is 2.06 bits per heavy atom. The van der Waals surface area contributed by atoms with Gasteiger partial charge in [0.1, 0.15) is 0 Å². The number of benzene rings is 1. The predicted molar refractivity (Wildman–Crippen MR) is 69.3 cm³/mol. The molecule has 1 aromatic heterocycles. The van der Waals surface area contributed by atoms with E-state index in [0.29, 0.717) is 6.04 Å². The maximum Gasteiger partial charge on any atom is 0.178 e. The Morgan fingerprint density at radius 1 is 1.31 bits per heavy atom. The summed E-state index contributed by atoms with van der Waals surface area (Å²) >= 11 is 5.41. The standard InChI is InChI=1S/C13H14N2S/c1-9-6-7-12-11(8-9)14-13(16)15(12)10-4-2-3-5-10/h2-3,6-8,10H,4-5H2,1H3,(H,14,16). The summed E-state index contributed by atoms with van der Waals surface area (Å²) in [5.41, 5.74) is 3.64. The molecule has 0 unspecified atom stereocenters. The number of hydrogen-bond acceptors (Lipinski definition) is 1. The maximum atomic E-state index is 5.41. The van der Waals surface area contributed by atoms with Crippen molar-refractivity contribution < 1.29 is 0 Å². The highest BCUT2D eigenvalue weighted by atomic mass is 32.1. The zero-order valence-corrected chi connectivity index (χ0v) is 10.1. The summed E-state index contributed by atoms with van der Waals surface area (Å²) in [5, 5.41) is 0. The molecule has 1 aromatic carbocycles. The van der Waals surface area contributed by atoms with Gasteiger partial charge in [-0.2, -0.15) is 0 Å². The third-order valence-corrected chi connectivity index (χ3v) is 3.52. The fourth-order valence-corrected chi connectivity index (χ4v) is 2.78. The first kappa shape index (κ1) is 9.85. The van der Waals surface area contributed by atoms with Crippen molar-refractivity contribution >= 4 is 23.3 Å². The van der Waals surface area contributed by atoms with Crippen LogP contribution in [0.3, 0.4) is 0 Å². The minimum absolute atomic E-state index is 0.504. The Hall–Kier alpha value is -1.35. The molecule has 82 valence electrons. The molecule has 2 aromatic rings. The van der Waals surface area contributed by atoms with Crippen LogP contribution in [0.5, 0.6) is 0 Å². The molecule has 0 atom stereocenters. The first-order chi connectivity index (χ1) is 7.75. The van der Waals surface area contributed by atoms with Crippen LogP contribution in [0.15, 0.2) is 30.4 Å². The Kier molecular flexibility index (Phi) is 2.21. The van der Waals surface area contributed by atoms with Gasteiger partial charge in [-0.3, -0.25) is 0 Å². The van der Waals surface area contributed by atoms with Crippen molar-refractivity contribution in [2.45, 2.75) is 25.8 Å². The molecule has 1 aliphatic carbocycles. The van der Waals surface area contributed by atoms with Gasteiger partial charge in [0.15, 0.2) is 4.77 Å². The van der Waals surface area contributed by atoms with Crippen LogP contribution in [-0.4, -0.2) is 9.55 Å². The fraction of sp³-hybridized carbons (Fsp3) is 0.308.